The maximum Gasteiger partial charge on any atom is 0.0585 e. The number of rotatable bonds is 7. The zero-order valence-corrected chi connectivity index (χ0v) is 10.7. The van der Waals surface area contributed by atoms with E-state index in [2.05, 4.69) is 37.4 Å². The van der Waals surface area contributed by atoms with E-state index in [0.29, 0.717) is 6.42 Å². The van der Waals surface area contributed by atoms with Crippen LogP contribution in [-0.2, 0) is 6.42 Å². The predicted octanol–water partition coefficient (Wildman–Crippen LogP) is 1.18. The minimum Gasteiger partial charge on any atom is -0.396 e. The van der Waals surface area contributed by atoms with Crippen LogP contribution >= 0.6 is 0 Å². The average molecular weight is 237 g/mol. The summed E-state index contributed by atoms with van der Waals surface area (Å²) >= 11 is 0. The summed E-state index contributed by atoms with van der Waals surface area (Å²) < 4.78 is 0. The summed E-state index contributed by atoms with van der Waals surface area (Å²) in [6.07, 6.45) is 1.55. The minimum absolute atomic E-state index is 0.00474. The molecular formula is C14H23NO2. The van der Waals surface area contributed by atoms with Crippen LogP contribution in [0.15, 0.2) is 18.2 Å². The van der Waals surface area contributed by atoms with Crippen LogP contribution in [0.2, 0.25) is 0 Å². The second-order valence-electron chi connectivity index (χ2n) is 4.53. The average Bonchev–Trinajstić information content (AvgIpc) is 2.32. The van der Waals surface area contributed by atoms with Crippen LogP contribution in [-0.4, -0.2) is 36.0 Å². The van der Waals surface area contributed by atoms with E-state index >= 15 is 0 Å². The van der Waals surface area contributed by atoms with Gasteiger partial charge >= 0.3 is 0 Å². The number of aliphatic hydroxyl groups excluding tert-OH is 2. The van der Waals surface area contributed by atoms with Gasteiger partial charge in [0, 0.05) is 12.6 Å². The molecular weight excluding hydrogens is 214 g/mol. The van der Waals surface area contributed by atoms with Crippen LogP contribution in [0, 0.1) is 13.8 Å². The van der Waals surface area contributed by atoms with E-state index in [0.717, 1.165) is 13.0 Å². The van der Waals surface area contributed by atoms with Crippen LogP contribution < -0.4 is 5.32 Å². The van der Waals surface area contributed by atoms with Crippen molar-refractivity contribution in [2.45, 2.75) is 32.7 Å². The Kier molecular flexibility index (Phi) is 6.19. The SMILES string of the molecule is Cc1ccc(C)c(CCNC(CO)CCO)c1. The summed E-state index contributed by atoms with van der Waals surface area (Å²) in [5.74, 6) is 0. The normalized spacial score (nSPS) is 12.7. The van der Waals surface area contributed by atoms with E-state index in [1.54, 1.807) is 0 Å². The van der Waals surface area contributed by atoms with Crippen LogP contribution in [0.1, 0.15) is 23.1 Å². The number of benzene rings is 1. The lowest BCUT2D eigenvalue weighted by molar-refractivity contribution is 0.201. The van der Waals surface area contributed by atoms with Crippen molar-refractivity contribution in [3.05, 3.63) is 34.9 Å². The third-order valence-corrected chi connectivity index (χ3v) is 3.03. The van der Waals surface area contributed by atoms with Gasteiger partial charge in [0.2, 0.25) is 0 Å². The summed E-state index contributed by atoms with van der Waals surface area (Å²) in [7, 11) is 0. The number of hydrogen-bond donors (Lipinski definition) is 3. The van der Waals surface area contributed by atoms with E-state index in [4.69, 9.17) is 10.2 Å². The van der Waals surface area contributed by atoms with E-state index in [1.165, 1.54) is 16.7 Å². The van der Waals surface area contributed by atoms with Crippen molar-refractivity contribution >= 4 is 0 Å². The van der Waals surface area contributed by atoms with Crippen molar-refractivity contribution in [2.24, 2.45) is 0 Å². The fourth-order valence-corrected chi connectivity index (χ4v) is 1.89. The van der Waals surface area contributed by atoms with Crippen LogP contribution in [0.3, 0.4) is 0 Å². The first-order valence-electron chi connectivity index (χ1n) is 6.18. The highest BCUT2D eigenvalue weighted by atomic mass is 16.3. The molecule has 0 saturated heterocycles. The Morgan fingerprint density at radius 3 is 2.65 bits per heavy atom. The molecule has 0 saturated carbocycles. The molecule has 0 heterocycles. The number of aliphatic hydroxyl groups is 2. The van der Waals surface area contributed by atoms with Gasteiger partial charge in [0.15, 0.2) is 0 Å². The zero-order valence-electron chi connectivity index (χ0n) is 10.7. The lowest BCUT2D eigenvalue weighted by Gasteiger charge is -2.15. The standard InChI is InChI=1S/C14H23NO2/c1-11-3-4-12(2)13(9-11)5-7-15-14(10-17)6-8-16/h3-4,9,14-17H,5-8,10H2,1-2H3. The molecule has 0 bridgehead atoms. The third kappa shape index (κ3) is 4.86. The molecule has 17 heavy (non-hydrogen) atoms. The monoisotopic (exact) mass is 237 g/mol. The number of hydrogen-bond acceptors (Lipinski definition) is 3. The quantitative estimate of drug-likeness (QED) is 0.667. The molecule has 0 spiro atoms. The molecule has 0 fully saturated rings. The van der Waals surface area contributed by atoms with E-state index in [-0.39, 0.29) is 19.3 Å². The Hall–Kier alpha value is -0.900. The summed E-state index contributed by atoms with van der Waals surface area (Å²) in [6, 6.07) is 6.47. The molecule has 0 aromatic heterocycles. The Morgan fingerprint density at radius 1 is 1.24 bits per heavy atom. The molecule has 1 unspecified atom stereocenters. The largest absolute Gasteiger partial charge is 0.396 e. The van der Waals surface area contributed by atoms with Crippen molar-refractivity contribution in [3.63, 3.8) is 0 Å². The van der Waals surface area contributed by atoms with Gasteiger partial charge in [-0.15, -0.1) is 0 Å². The highest BCUT2D eigenvalue weighted by molar-refractivity contribution is 5.30. The van der Waals surface area contributed by atoms with Gasteiger partial charge in [0.05, 0.1) is 6.61 Å². The highest BCUT2D eigenvalue weighted by Crippen LogP contribution is 2.10. The van der Waals surface area contributed by atoms with Crippen LogP contribution in [0.5, 0.6) is 0 Å². The lowest BCUT2D eigenvalue weighted by atomic mass is 10.0. The molecule has 3 nitrogen and oxygen atoms in total. The molecule has 0 amide bonds. The molecule has 3 N–H and O–H groups in total. The second kappa shape index (κ2) is 7.43. The molecule has 96 valence electrons. The van der Waals surface area contributed by atoms with Crippen LogP contribution in [0.25, 0.3) is 0 Å². The maximum atomic E-state index is 9.08. The van der Waals surface area contributed by atoms with E-state index in [1.807, 2.05) is 0 Å². The molecule has 0 aliphatic rings. The summed E-state index contributed by atoms with van der Waals surface area (Å²) in [4.78, 5) is 0. The highest BCUT2D eigenvalue weighted by Gasteiger charge is 2.05. The molecule has 1 aromatic rings. The summed E-state index contributed by atoms with van der Waals surface area (Å²) in [5.41, 5.74) is 3.93. The Bertz CT molecular complexity index is 339. The van der Waals surface area contributed by atoms with E-state index < -0.39 is 0 Å². The van der Waals surface area contributed by atoms with Gasteiger partial charge in [-0.2, -0.15) is 0 Å². The molecule has 3 heteroatoms. The van der Waals surface area contributed by atoms with Gasteiger partial charge in [-0.1, -0.05) is 23.8 Å². The van der Waals surface area contributed by atoms with Crippen molar-refractivity contribution < 1.29 is 10.2 Å². The fourth-order valence-electron chi connectivity index (χ4n) is 1.89. The van der Waals surface area contributed by atoms with Gasteiger partial charge in [-0.25, -0.2) is 0 Å². The first-order chi connectivity index (χ1) is 8.17. The summed E-state index contributed by atoms with van der Waals surface area (Å²) in [5, 5.41) is 21.1. The van der Waals surface area contributed by atoms with Crippen molar-refractivity contribution in [2.75, 3.05) is 19.8 Å². The van der Waals surface area contributed by atoms with Gasteiger partial charge in [0.25, 0.3) is 0 Å². The van der Waals surface area contributed by atoms with Crippen LogP contribution in [0.4, 0.5) is 0 Å². The first-order valence-corrected chi connectivity index (χ1v) is 6.18. The summed E-state index contributed by atoms with van der Waals surface area (Å²) in [6.45, 7) is 5.23. The van der Waals surface area contributed by atoms with Crippen molar-refractivity contribution in [3.8, 4) is 0 Å². The molecule has 1 rings (SSSR count). The lowest BCUT2D eigenvalue weighted by Crippen LogP contribution is -2.34. The molecule has 1 aromatic carbocycles. The zero-order chi connectivity index (χ0) is 12.7. The number of aryl methyl sites for hydroxylation is 2. The minimum atomic E-state index is 0.00474. The van der Waals surface area contributed by atoms with E-state index in [9.17, 15) is 0 Å². The van der Waals surface area contributed by atoms with Gasteiger partial charge in [0.1, 0.15) is 0 Å². The van der Waals surface area contributed by atoms with Gasteiger partial charge in [-0.05, 0) is 44.4 Å². The molecule has 0 aliphatic heterocycles. The fraction of sp³-hybridized carbons (Fsp3) is 0.571. The Balaban J connectivity index is 2.42. The Morgan fingerprint density at radius 2 is 2.00 bits per heavy atom. The maximum absolute atomic E-state index is 9.08. The first kappa shape index (κ1) is 14.2. The van der Waals surface area contributed by atoms with Crippen molar-refractivity contribution in [1.82, 2.24) is 5.32 Å². The molecule has 0 radical (unpaired) electrons. The number of nitrogens with one attached hydrogen (secondary N) is 1. The molecule has 1 atom stereocenters. The topological polar surface area (TPSA) is 52.5 Å². The smallest absolute Gasteiger partial charge is 0.0585 e. The second-order valence-corrected chi connectivity index (χ2v) is 4.53. The molecule has 0 aliphatic carbocycles. The third-order valence-electron chi connectivity index (χ3n) is 3.03. The van der Waals surface area contributed by atoms with Gasteiger partial charge < -0.3 is 15.5 Å². The van der Waals surface area contributed by atoms with Crippen molar-refractivity contribution in [1.29, 1.82) is 0 Å². The van der Waals surface area contributed by atoms with Gasteiger partial charge in [-0.3, -0.25) is 0 Å². The Labute approximate surface area is 103 Å². The predicted molar refractivity (Wildman–Crippen MR) is 70.2 cm³/mol.